The summed E-state index contributed by atoms with van der Waals surface area (Å²) in [5.74, 6) is 0. The molecule has 1 aliphatic rings. The highest BCUT2D eigenvalue weighted by atomic mass is 15.1. The van der Waals surface area contributed by atoms with Crippen LogP contribution in [0.15, 0.2) is 224 Å². The zero-order valence-electron chi connectivity index (χ0n) is 35.7. The van der Waals surface area contributed by atoms with E-state index in [1.165, 1.54) is 87.8 Å². The minimum absolute atomic E-state index is 0.110. The molecule has 0 unspecified atom stereocenters. The van der Waals surface area contributed by atoms with Crippen LogP contribution in [0, 0.1) is 0 Å². The molecule has 0 saturated carbocycles. The van der Waals surface area contributed by atoms with Gasteiger partial charge >= 0.3 is 0 Å². The van der Waals surface area contributed by atoms with Gasteiger partial charge in [-0.1, -0.05) is 153 Å². The van der Waals surface area contributed by atoms with Gasteiger partial charge in [-0.15, -0.1) is 0 Å². The number of hydrogen-bond donors (Lipinski definition) is 0. The van der Waals surface area contributed by atoms with E-state index in [4.69, 9.17) is 0 Å². The number of fused-ring (bicyclic) bond motifs is 10. The Balaban J connectivity index is 0.971. The fourth-order valence-corrected chi connectivity index (χ4v) is 10.9. The van der Waals surface area contributed by atoms with E-state index in [1.807, 2.05) is 0 Å². The lowest BCUT2D eigenvalue weighted by molar-refractivity contribution is 0.660. The van der Waals surface area contributed by atoms with E-state index >= 15 is 0 Å². The standard InChI is InChI=1S/C61H43N3/c1-61(2)54-23-11-8-19-49(54)50-36-34-47(39-55(50)61)62(46-29-27-40-15-6-7-16-41(40)37-46)44-30-32-45(33-31-44)64-56-24-12-9-20-51(56)52-35-28-42(38-59(52)64)48-22-14-26-58-60(48)53-21-10-13-25-57(53)63(58)43-17-4-3-5-18-43/h3-39H,1-2H3. The summed E-state index contributed by atoms with van der Waals surface area (Å²) in [7, 11) is 0. The molecule has 13 rings (SSSR count). The monoisotopic (exact) mass is 817 g/mol. The molecule has 3 nitrogen and oxygen atoms in total. The molecule has 0 saturated heterocycles. The van der Waals surface area contributed by atoms with Gasteiger partial charge in [-0.2, -0.15) is 0 Å². The normalized spacial score (nSPS) is 13.0. The van der Waals surface area contributed by atoms with Crippen LogP contribution in [-0.4, -0.2) is 9.13 Å². The van der Waals surface area contributed by atoms with Crippen molar-refractivity contribution in [3.8, 4) is 33.6 Å². The van der Waals surface area contributed by atoms with E-state index in [1.54, 1.807) is 0 Å². The third kappa shape index (κ3) is 5.41. The molecular formula is C61H43N3. The molecule has 2 heterocycles. The Morgan fingerprint density at radius 2 is 0.922 bits per heavy atom. The SMILES string of the molecule is CC1(C)c2ccccc2-c2ccc(N(c3ccc(-n4c5ccccc5c5ccc(-c6cccc7c6c6ccccc6n7-c6ccccc6)cc54)cc3)c3ccc4ccccc4c3)cc21. The molecule has 10 aromatic carbocycles. The van der Waals surface area contributed by atoms with Crippen molar-refractivity contribution in [3.63, 3.8) is 0 Å². The van der Waals surface area contributed by atoms with Crippen LogP contribution in [0.1, 0.15) is 25.0 Å². The van der Waals surface area contributed by atoms with Crippen LogP contribution in [0.4, 0.5) is 17.1 Å². The lowest BCUT2D eigenvalue weighted by Crippen LogP contribution is -2.16. The average Bonchev–Trinajstić information content (AvgIpc) is 3.95. The van der Waals surface area contributed by atoms with Gasteiger partial charge in [0.1, 0.15) is 0 Å². The molecule has 0 N–H and O–H groups in total. The highest BCUT2D eigenvalue weighted by Crippen LogP contribution is 2.51. The van der Waals surface area contributed by atoms with Crippen LogP contribution in [0.5, 0.6) is 0 Å². The molecule has 0 radical (unpaired) electrons. The van der Waals surface area contributed by atoms with Crippen LogP contribution in [0.3, 0.4) is 0 Å². The van der Waals surface area contributed by atoms with Crippen LogP contribution in [0.25, 0.3) is 88.0 Å². The van der Waals surface area contributed by atoms with Gasteiger partial charge in [0.05, 0.1) is 22.1 Å². The molecule has 12 aromatic rings. The third-order valence-electron chi connectivity index (χ3n) is 13.9. The molecule has 64 heavy (non-hydrogen) atoms. The molecule has 0 bridgehead atoms. The Kier molecular flexibility index (Phi) is 7.95. The summed E-state index contributed by atoms with van der Waals surface area (Å²) in [5, 5.41) is 7.45. The summed E-state index contributed by atoms with van der Waals surface area (Å²) in [6.45, 7) is 4.72. The van der Waals surface area contributed by atoms with E-state index < -0.39 is 0 Å². The highest BCUT2D eigenvalue weighted by molar-refractivity contribution is 6.17. The Hall–Kier alpha value is -8.14. The summed E-state index contributed by atoms with van der Waals surface area (Å²) in [6.07, 6.45) is 0. The van der Waals surface area contributed by atoms with Crippen molar-refractivity contribution in [1.82, 2.24) is 9.13 Å². The quantitative estimate of drug-likeness (QED) is 0.163. The minimum atomic E-state index is -0.110. The average molecular weight is 818 g/mol. The number of anilines is 3. The first-order valence-electron chi connectivity index (χ1n) is 22.3. The maximum Gasteiger partial charge on any atom is 0.0547 e. The topological polar surface area (TPSA) is 13.1 Å². The summed E-state index contributed by atoms with van der Waals surface area (Å²) in [4.78, 5) is 2.42. The second-order valence-corrected chi connectivity index (χ2v) is 17.8. The van der Waals surface area contributed by atoms with Crippen molar-refractivity contribution in [3.05, 3.63) is 236 Å². The summed E-state index contributed by atoms with van der Waals surface area (Å²) in [6, 6.07) is 82.7. The van der Waals surface area contributed by atoms with E-state index in [0.29, 0.717) is 0 Å². The number of benzene rings is 10. The summed E-state index contributed by atoms with van der Waals surface area (Å²) < 4.78 is 4.84. The predicted molar refractivity (Wildman–Crippen MR) is 270 cm³/mol. The number of rotatable bonds is 6. The molecule has 0 amide bonds. The predicted octanol–water partition coefficient (Wildman–Crippen LogP) is 16.5. The first kappa shape index (κ1) is 36.5. The van der Waals surface area contributed by atoms with Crippen LogP contribution in [0.2, 0.25) is 0 Å². The smallest absolute Gasteiger partial charge is 0.0547 e. The third-order valence-corrected chi connectivity index (χ3v) is 13.9. The van der Waals surface area contributed by atoms with Gasteiger partial charge in [-0.25, -0.2) is 0 Å². The van der Waals surface area contributed by atoms with E-state index in [9.17, 15) is 0 Å². The van der Waals surface area contributed by atoms with Crippen molar-refractivity contribution < 1.29 is 0 Å². The Labute approximate surface area is 372 Å². The van der Waals surface area contributed by atoms with Crippen LogP contribution >= 0.6 is 0 Å². The van der Waals surface area contributed by atoms with Gasteiger partial charge in [0.2, 0.25) is 0 Å². The zero-order chi connectivity index (χ0) is 42.5. The Morgan fingerprint density at radius 1 is 0.344 bits per heavy atom. The fourth-order valence-electron chi connectivity index (χ4n) is 10.9. The van der Waals surface area contributed by atoms with Crippen LogP contribution < -0.4 is 4.90 Å². The van der Waals surface area contributed by atoms with Gasteiger partial charge in [0.15, 0.2) is 0 Å². The first-order valence-corrected chi connectivity index (χ1v) is 22.3. The summed E-state index contributed by atoms with van der Waals surface area (Å²) >= 11 is 0. The lowest BCUT2D eigenvalue weighted by Gasteiger charge is -2.28. The molecule has 0 fully saturated rings. The largest absolute Gasteiger partial charge is 0.310 e. The Bertz CT molecular complexity index is 3810. The molecule has 0 atom stereocenters. The summed E-state index contributed by atoms with van der Waals surface area (Å²) in [5.41, 5.74) is 18.1. The maximum atomic E-state index is 2.45. The fraction of sp³-hybridized carbons (Fsp3) is 0.0492. The van der Waals surface area contributed by atoms with Gasteiger partial charge in [0, 0.05) is 55.4 Å². The highest BCUT2D eigenvalue weighted by Gasteiger charge is 2.35. The molecule has 1 aliphatic carbocycles. The van der Waals surface area contributed by atoms with Gasteiger partial charge in [-0.05, 0) is 129 Å². The van der Waals surface area contributed by atoms with Crippen molar-refractivity contribution in [2.45, 2.75) is 19.3 Å². The van der Waals surface area contributed by atoms with Gasteiger partial charge in [0.25, 0.3) is 0 Å². The van der Waals surface area contributed by atoms with E-state index in [2.05, 4.69) is 252 Å². The van der Waals surface area contributed by atoms with Crippen molar-refractivity contribution in [1.29, 1.82) is 0 Å². The number of para-hydroxylation sites is 3. The molecule has 302 valence electrons. The molecule has 0 aliphatic heterocycles. The molecule has 2 aromatic heterocycles. The number of aromatic nitrogens is 2. The van der Waals surface area contributed by atoms with Crippen LogP contribution in [-0.2, 0) is 5.41 Å². The molecule has 3 heteroatoms. The van der Waals surface area contributed by atoms with Gasteiger partial charge < -0.3 is 14.0 Å². The van der Waals surface area contributed by atoms with Crippen molar-refractivity contribution >= 4 is 71.4 Å². The number of hydrogen-bond acceptors (Lipinski definition) is 1. The first-order chi connectivity index (χ1) is 31.5. The second kappa shape index (κ2) is 13.9. The van der Waals surface area contributed by atoms with Crippen molar-refractivity contribution in [2.75, 3.05) is 4.90 Å². The zero-order valence-corrected chi connectivity index (χ0v) is 35.7. The lowest BCUT2D eigenvalue weighted by atomic mass is 9.82. The molecular weight excluding hydrogens is 775 g/mol. The molecule has 0 spiro atoms. The second-order valence-electron chi connectivity index (χ2n) is 17.8. The van der Waals surface area contributed by atoms with E-state index in [-0.39, 0.29) is 5.41 Å². The van der Waals surface area contributed by atoms with E-state index in [0.717, 1.165) is 28.4 Å². The number of nitrogens with zero attached hydrogens (tertiary/aromatic N) is 3. The van der Waals surface area contributed by atoms with Crippen molar-refractivity contribution in [2.24, 2.45) is 0 Å². The van der Waals surface area contributed by atoms with Gasteiger partial charge in [-0.3, -0.25) is 0 Å². The maximum absolute atomic E-state index is 2.45. The minimum Gasteiger partial charge on any atom is -0.310 e. The Morgan fingerprint density at radius 3 is 1.77 bits per heavy atom.